The summed E-state index contributed by atoms with van der Waals surface area (Å²) in [6.07, 6.45) is 0.853. The Kier molecular flexibility index (Phi) is 4.64. The van der Waals surface area contributed by atoms with Gasteiger partial charge in [-0.05, 0) is 20.8 Å². The third-order valence-electron chi connectivity index (χ3n) is 1.51. The Balaban J connectivity index is 2.61. The Labute approximate surface area is 112 Å². The second-order valence-electron chi connectivity index (χ2n) is 4.21. The summed E-state index contributed by atoms with van der Waals surface area (Å²) >= 11 is 4.19. The van der Waals surface area contributed by atoms with Crippen molar-refractivity contribution < 1.29 is 14.3 Å². The number of carbonyl (C=O) groups is 2. The fourth-order valence-electron chi connectivity index (χ4n) is 0.918. The SMILES string of the molecule is CC(C)(C)OC(=O)Nc1ncc(C(=O)CBr)s1. The molecule has 1 aromatic rings. The number of anilines is 1. The number of ketones is 1. The van der Waals surface area contributed by atoms with Crippen molar-refractivity contribution in [1.82, 2.24) is 4.98 Å². The van der Waals surface area contributed by atoms with Gasteiger partial charge in [0.1, 0.15) is 5.60 Å². The van der Waals surface area contributed by atoms with E-state index in [1.54, 1.807) is 20.8 Å². The summed E-state index contributed by atoms with van der Waals surface area (Å²) < 4.78 is 5.06. The molecule has 1 N–H and O–H groups in total. The normalized spacial score (nSPS) is 11.1. The van der Waals surface area contributed by atoms with Gasteiger partial charge in [0.25, 0.3) is 0 Å². The van der Waals surface area contributed by atoms with Gasteiger partial charge in [0, 0.05) is 0 Å². The van der Waals surface area contributed by atoms with Crippen LogP contribution in [0.3, 0.4) is 0 Å². The molecule has 1 heterocycles. The second kappa shape index (κ2) is 5.59. The van der Waals surface area contributed by atoms with Crippen molar-refractivity contribution in [1.29, 1.82) is 0 Å². The number of hydrogen-bond donors (Lipinski definition) is 1. The van der Waals surface area contributed by atoms with Crippen molar-refractivity contribution >= 4 is 44.3 Å². The molecule has 0 radical (unpaired) electrons. The molecule has 1 aromatic heterocycles. The zero-order valence-electron chi connectivity index (χ0n) is 9.74. The molecule has 0 atom stereocenters. The van der Waals surface area contributed by atoms with E-state index in [0.29, 0.717) is 10.0 Å². The average Bonchev–Trinajstić information content (AvgIpc) is 2.62. The van der Waals surface area contributed by atoms with Crippen molar-refractivity contribution in [3.63, 3.8) is 0 Å². The van der Waals surface area contributed by atoms with Crippen molar-refractivity contribution in [3.8, 4) is 0 Å². The van der Waals surface area contributed by atoms with Gasteiger partial charge in [0.05, 0.1) is 16.4 Å². The molecule has 0 saturated heterocycles. The first-order valence-corrected chi connectivity index (χ1v) is 6.80. The van der Waals surface area contributed by atoms with Crippen LogP contribution in [0.1, 0.15) is 30.4 Å². The minimum Gasteiger partial charge on any atom is -0.444 e. The lowest BCUT2D eigenvalue weighted by Gasteiger charge is -2.18. The quantitative estimate of drug-likeness (QED) is 0.686. The number of alkyl halides is 1. The lowest BCUT2D eigenvalue weighted by Crippen LogP contribution is -2.27. The first kappa shape index (κ1) is 14.1. The predicted molar refractivity (Wildman–Crippen MR) is 70.1 cm³/mol. The van der Waals surface area contributed by atoms with Crippen molar-refractivity contribution in [2.75, 3.05) is 10.6 Å². The highest BCUT2D eigenvalue weighted by Gasteiger charge is 2.17. The van der Waals surface area contributed by atoms with Crippen LogP contribution in [0.15, 0.2) is 6.20 Å². The first-order chi connectivity index (χ1) is 7.81. The molecule has 0 spiro atoms. The molecule has 0 aromatic carbocycles. The van der Waals surface area contributed by atoms with E-state index in [2.05, 4.69) is 26.2 Å². The molecule has 5 nitrogen and oxygen atoms in total. The van der Waals surface area contributed by atoms with Crippen LogP contribution in [0.4, 0.5) is 9.93 Å². The van der Waals surface area contributed by atoms with Crippen LogP contribution in [0, 0.1) is 0 Å². The van der Waals surface area contributed by atoms with E-state index in [1.165, 1.54) is 6.20 Å². The number of thiazole rings is 1. The predicted octanol–water partition coefficient (Wildman–Crippen LogP) is 3.07. The van der Waals surface area contributed by atoms with Crippen LogP contribution >= 0.6 is 27.3 Å². The summed E-state index contributed by atoms with van der Waals surface area (Å²) in [6, 6.07) is 0. The monoisotopic (exact) mass is 320 g/mol. The van der Waals surface area contributed by atoms with Gasteiger partial charge < -0.3 is 4.74 Å². The van der Waals surface area contributed by atoms with Crippen molar-refractivity contribution in [2.45, 2.75) is 26.4 Å². The molecule has 0 aliphatic heterocycles. The lowest BCUT2D eigenvalue weighted by molar-refractivity contribution is 0.0635. The Bertz CT molecular complexity index is 425. The third-order valence-corrected chi connectivity index (χ3v) is 2.97. The zero-order chi connectivity index (χ0) is 13.1. The smallest absolute Gasteiger partial charge is 0.413 e. The Morgan fingerprint density at radius 1 is 1.53 bits per heavy atom. The Hall–Kier alpha value is -0.950. The fraction of sp³-hybridized carbons (Fsp3) is 0.500. The number of halogens is 1. The number of nitrogens with one attached hydrogen (secondary N) is 1. The van der Waals surface area contributed by atoms with Crippen LogP contribution in [-0.4, -0.2) is 27.8 Å². The van der Waals surface area contributed by atoms with Gasteiger partial charge in [-0.15, -0.1) is 0 Å². The number of carbonyl (C=O) groups excluding carboxylic acids is 2. The number of aromatic nitrogens is 1. The topological polar surface area (TPSA) is 68.3 Å². The maximum absolute atomic E-state index is 11.4. The summed E-state index contributed by atoms with van der Waals surface area (Å²) in [4.78, 5) is 27.2. The molecular weight excluding hydrogens is 308 g/mol. The fourth-order valence-corrected chi connectivity index (χ4v) is 2.14. The van der Waals surface area contributed by atoms with Crippen LogP contribution in [0.2, 0.25) is 0 Å². The average molecular weight is 321 g/mol. The van der Waals surface area contributed by atoms with Crippen molar-refractivity contribution in [2.24, 2.45) is 0 Å². The molecule has 0 aliphatic rings. The van der Waals surface area contributed by atoms with E-state index in [0.717, 1.165) is 11.3 Å². The molecule has 0 aliphatic carbocycles. The molecule has 0 unspecified atom stereocenters. The van der Waals surface area contributed by atoms with Crippen LogP contribution < -0.4 is 5.32 Å². The van der Waals surface area contributed by atoms with Gasteiger partial charge in [0.15, 0.2) is 10.9 Å². The van der Waals surface area contributed by atoms with Crippen molar-refractivity contribution in [3.05, 3.63) is 11.1 Å². The summed E-state index contributed by atoms with van der Waals surface area (Å²) in [5.74, 6) is -0.0697. The standard InChI is InChI=1S/C10H13BrN2O3S/c1-10(2,3)16-9(15)13-8-12-5-7(17-8)6(14)4-11/h5H,4H2,1-3H3,(H,12,13,15). The summed E-state index contributed by atoms with van der Waals surface area (Å²) in [6.45, 7) is 5.32. The van der Waals surface area contributed by atoms with Crippen LogP contribution in [0.25, 0.3) is 0 Å². The van der Waals surface area contributed by atoms with E-state index in [4.69, 9.17) is 4.74 Å². The van der Waals surface area contributed by atoms with E-state index in [1.807, 2.05) is 0 Å². The van der Waals surface area contributed by atoms with E-state index in [9.17, 15) is 9.59 Å². The molecule has 1 amide bonds. The lowest BCUT2D eigenvalue weighted by atomic mass is 10.2. The van der Waals surface area contributed by atoms with Gasteiger partial charge in [0.2, 0.25) is 0 Å². The largest absolute Gasteiger partial charge is 0.444 e. The minimum absolute atomic E-state index is 0.0697. The van der Waals surface area contributed by atoms with Gasteiger partial charge in [-0.2, -0.15) is 0 Å². The number of rotatable bonds is 3. The van der Waals surface area contributed by atoms with E-state index >= 15 is 0 Å². The highest BCUT2D eigenvalue weighted by atomic mass is 79.9. The maximum atomic E-state index is 11.4. The maximum Gasteiger partial charge on any atom is 0.413 e. The summed E-state index contributed by atoms with van der Waals surface area (Å²) in [5, 5.41) is 3.06. The number of hydrogen-bond acceptors (Lipinski definition) is 5. The molecule has 0 fully saturated rings. The Morgan fingerprint density at radius 3 is 2.71 bits per heavy atom. The first-order valence-electron chi connectivity index (χ1n) is 4.87. The van der Waals surface area contributed by atoms with Gasteiger partial charge in [-0.1, -0.05) is 27.3 Å². The zero-order valence-corrected chi connectivity index (χ0v) is 12.1. The van der Waals surface area contributed by atoms with Crippen LogP contribution in [0.5, 0.6) is 0 Å². The van der Waals surface area contributed by atoms with Gasteiger partial charge >= 0.3 is 6.09 Å². The molecular formula is C10H13BrN2O3S. The highest BCUT2D eigenvalue weighted by Crippen LogP contribution is 2.20. The van der Waals surface area contributed by atoms with Gasteiger partial charge in [-0.3, -0.25) is 10.1 Å². The number of nitrogens with zero attached hydrogens (tertiary/aromatic N) is 1. The molecule has 1 rings (SSSR count). The molecule has 0 saturated carbocycles. The number of ether oxygens (including phenoxy) is 1. The van der Waals surface area contributed by atoms with Gasteiger partial charge in [-0.25, -0.2) is 9.78 Å². The Morgan fingerprint density at radius 2 is 2.18 bits per heavy atom. The second-order valence-corrected chi connectivity index (χ2v) is 5.80. The van der Waals surface area contributed by atoms with Crippen LogP contribution in [-0.2, 0) is 4.74 Å². The highest BCUT2D eigenvalue weighted by molar-refractivity contribution is 9.09. The molecule has 7 heteroatoms. The molecule has 17 heavy (non-hydrogen) atoms. The molecule has 0 bridgehead atoms. The summed E-state index contributed by atoms with van der Waals surface area (Å²) in [7, 11) is 0. The van der Waals surface area contributed by atoms with E-state index in [-0.39, 0.29) is 11.1 Å². The summed E-state index contributed by atoms with van der Waals surface area (Å²) in [5.41, 5.74) is -0.560. The van der Waals surface area contributed by atoms with E-state index < -0.39 is 11.7 Å². The minimum atomic E-state index is -0.579. The number of Topliss-reactive ketones (excluding diaryl/α,β-unsaturated/α-hetero) is 1. The number of amides is 1. The third kappa shape index (κ3) is 4.82. The molecule has 94 valence electrons.